The molecule has 0 saturated carbocycles. The van der Waals surface area contributed by atoms with Gasteiger partial charge in [0.1, 0.15) is 10.6 Å². The largest absolute Gasteiger partial charge is 0.455 e. The predicted octanol–water partition coefficient (Wildman–Crippen LogP) is 5.06. The zero-order valence-electron chi connectivity index (χ0n) is 17.3. The van der Waals surface area contributed by atoms with Crippen molar-refractivity contribution in [2.24, 2.45) is 0 Å². The van der Waals surface area contributed by atoms with Crippen LogP contribution in [0, 0.1) is 0 Å². The van der Waals surface area contributed by atoms with Gasteiger partial charge in [-0.25, -0.2) is 8.42 Å². The van der Waals surface area contributed by atoms with Crippen LogP contribution in [0.15, 0.2) is 71.6 Å². The molecular weight excluding hydrogens is 487 g/mol. The van der Waals surface area contributed by atoms with E-state index in [9.17, 15) is 13.2 Å². The van der Waals surface area contributed by atoms with E-state index in [1.807, 2.05) is 18.2 Å². The van der Waals surface area contributed by atoms with Crippen molar-refractivity contribution in [1.29, 1.82) is 0 Å². The van der Waals surface area contributed by atoms with Crippen molar-refractivity contribution >= 4 is 44.8 Å². The second kappa shape index (κ2) is 10.1. The second-order valence-electron chi connectivity index (χ2n) is 7.17. The van der Waals surface area contributed by atoms with Crippen molar-refractivity contribution in [2.75, 3.05) is 31.6 Å². The lowest BCUT2D eigenvalue weighted by atomic mass is 10.2. The zero-order valence-corrected chi connectivity index (χ0v) is 19.7. The van der Waals surface area contributed by atoms with Crippen molar-refractivity contribution in [3.63, 3.8) is 0 Å². The van der Waals surface area contributed by atoms with E-state index in [-0.39, 0.29) is 28.6 Å². The third kappa shape index (κ3) is 5.48. The molecule has 3 aromatic carbocycles. The van der Waals surface area contributed by atoms with Gasteiger partial charge in [-0.3, -0.25) is 4.79 Å². The molecule has 0 atom stereocenters. The molecule has 1 heterocycles. The minimum Gasteiger partial charge on any atom is -0.455 e. The second-order valence-corrected chi connectivity index (χ2v) is 9.92. The lowest BCUT2D eigenvalue weighted by molar-refractivity contribution is 0.0730. The van der Waals surface area contributed by atoms with E-state index in [0.717, 1.165) is 0 Å². The number of carbonyl (C=O) groups is 1. The summed E-state index contributed by atoms with van der Waals surface area (Å²) in [6.07, 6.45) is 0. The SMILES string of the molecule is O=C(Nc1cc(Cl)ccc1Oc1ccccc1)c1ccc(Cl)c(S(=O)(=O)N2CCOCC2)c1. The van der Waals surface area contributed by atoms with Crippen molar-refractivity contribution in [3.8, 4) is 11.5 Å². The number of rotatable bonds is 6. The Morgan fingerprint density at radius 3 is 2.42 bits per heavy atom. The monoisotopic (exact) mass is 506 g/mol. The van der Waals surface area contributed by atoms with Gasteiger partial charge in [0.05, 0.1) is 23.9 Å². The van der Waals surface area contributed by atoms with Crippen molar-refractivity contribution in [3.05, 3.63) is 82.3 Å². The van der Waals surface area contributed by atoms with Crippen molar-refractivity contribution in [2.45, 2.75) is 4.90 Å². The van der Waals surface area contributed by atoms with Gasteiger partial charge in [-0.1, -0.05) is 41.4 Å². The van der Waals surface area contributed by atoms with Crippen LogP contribution in [-0.4, -0.2) is 44.9 Å². The molecule has 0 unspecified atom stereocenters. The third-order valence-corrected chi connectivity index (χ3v) is 7.56. The fourth-order valence-corrected chi connectivity index (χ4v) is 5.35. The molecule has 1 aliphatic rings. The number of halogens is 2. The average molecular weight is 507 g/mol. The number of benzene rings is 3. The number of morpholine rings is 1. The summed E-state index contributed by atoms with van der Waals surface area (Å²) in [7, 11) is -3.88. The molecule has 4 rings (SSSR count). The summed E-state index contributed by atoms with van der Waals surface area (Å²) in [6.45, 7) is 1.04. The lowest BCUT2D eigenvalue weighted by Gasteiger charge is -2.26. The topological polar surface area (TPSA) is 84.9 Å². The van der Waals surface area contributed by atoms with Crippen molar-refractivity contribution in [1.82, 2.24) is 4.31 Å². The average Bonchev–Trinajstić information content (AvgIpc) is 2.82. The summed E-state index contributed by atoms with van der Waals surface area (Å²) in [6, 6.07) is 18.0. The van der Waals surface area contributed by atoms with Gasteiger partial charge in [-0.15, -0.1) is 0 Å². The maximum atomic E-state index is 13.1. The summed E-state index contributed by atoms with van der Waals surface area (Å²) in [5.41, 5.74) is 0.459. The number of ether oxygens (including phenoxy) is 2. The number of sulfonamides is 1. The number of carbonyl (C=O) groups excluding carboxylic acids is 1. The third-order valence-electron chi connectivity index (χ3n) is 4.94. The van der Waals surface area contributed by atoms with E-state index < -0.39 is 15.9 Å². The molecule has 1 saturated heterocycles. The Kier molecular flexibility index (Phi) is 7.21. The minimum atomic E-state index is -3.88. The summed E-state index contributed by atoms with van der Waals surface area (Å²) >= 11 is 12.3. The quantitative estimate of drug-likeness (QED) is 0.504. The summed E-state index contributed by atoms with van der Waals surface area (Å²) in [5.74, 6) is 0.431. The van der Waals surface area contributed by atoms with Crippen molar-refractivity contribution < 1.29 is 22.7 Å². The van der Waals surface area contributed by atoms with E-state index >= 15 is 0 Å². The minimum absolute atomic E-state index is 0.0360. The molecule has 0 aromatic heterocycles. The molecule has 0 bridgehead atoms. The first-order chi connectivity index (χ1) is 15.8. The molecule has 33 heavy (non-hydrogen) atoms. The Hall–Kier alpha value is -2.62. The summed E-state index contributed by atoms with van der Waals surface area (Å²) in [4.78, 5) is 12.9. The van der Waals surface area contributed by atoms with E-state index in [4.69, 9.17) is 32.7 Å². The van der Waals surface area contributed by atoms with E-state index in [1.54, 1.807) is 30.3 Å². The van der Waals surface area contributed by atoms with Gasteiger partial charge in [0.2, 0.25) is 10.0 Å². The molecule has 1 aliphatic heterocycles. The molecule has 1 amide bonds. The molecule has 0 radical (unpaired) electrons. The molecule has 1 N–H and O–H groups in total. The zero-order chi connectivity index (χ0) is 23.4. The van der Waals surface area contributed by atoms with E-state index in [0.29, 0.717) is 35.4 Å². The van der Waals surface area contributed by atoms with Gasteiger partial charge < -0.3 is 14.8 Å². The van der Waals surface area contributed by atoms with Crippen LogP contribution in [-0.2, 0) is 14.8 Å². The molecule has 3 aromatic rings. The first-order valence-corrected chi connectivity index (χ1v) is 12.3. The highest BCUT2D eigenvalue weighted by molar-refractivity contribution is 7.89. The molecule has 0 aliphatic carbocycles. The number of hydrogen-bond donors (Lipinski definition) is 1. The number of nitrogens with zero attached hydrogens (tertiary/aromatic N) is 1. The molecule has 1 fully saturated rings. The molecule has 10 heteroatoms. The van der Waals surface area contributed by atoms with Crippen LogP contribution in [0.3, 0.4) is 0 Å². The van der Waals surface area contributed by atoms with Crippen LogP contribution < -0.4 is 10.1 Å². The Morgan fingerprint density at radius 1 is 0.970 bits per heavy atom. The first kappa shape index (κ1) is 23.5. The van der Waals surface area contributed by atoms with Crippen LogP contribution in [0.2, 0.25) is 10.0 Å². The van der Waals surface area contributed by atoms with Gasteiger partial charge in [-0.2, -0.15) is 4.31 Å². The lowest BCUT2D eigenvalue weighted by Crippen LogP contribution is -2.40. The highest BCUT2D eigenvalue weighted by Gasteiger charge is 2.29. The number of hydrogen-bond acceptors (Lipinski definition) is 5. The molecule has 0 spiro atoms. The van der Waals surface area contributed by atoms with Gasteiger partial charge in [0, 0.05) is 23.7 Å². The molecule has 7 nitrogen and oxygen atoms in total. The van der Waals surface area contributed by atoms with Crippen LogP contribution in [0.1, 0.15) is 10.4 Å². The Labute approximate surface area is 201 Å². The van der Waals surface area contributed by atoms with Gasteiger partial charge >= 0.3 is 0 Å². The summed E-state index contributed by atoms with van der Waals surface area (Å²) in [5, 5.41) is 3.18. The number of anilines is 1. The van der Waals surface area contributed by atoms with Gasteiger partial charge in [-0.05, 0) is 48.5 Å². The van der Waals surface area contributed by atoms with Crippen LogP contribution in [0.4, 0.5) is 5.69 Å². The van der Waals surface area contributed by atoms with Crippen LogP contribution in [0.25, 0.3) is 0 Å². The Bertz CT molecular complexity index is 1260. The van der Waals surface area contributed by atoms with Crippen LogP contribution in [0.5, 0.6) is 11.5 Å². The van der Waals surface area contributed by atoms with Crippen LogP contribution >= 0.6 is 23.2 Å². The highest BCUT2D eigenvalue weighted by atomic mass is 35.5. The fourth-order valence-electron chi connectivity index (χ4n) is 3.27. The summed E-state index contributed by atoms with van der Waals surface area (Å²) < 4.78 is 38.5. The standard InChI is InChI=1S/C23H20Cl2N2O5S/c24-17-7-9-21(32-18-4-2-1-3-5-18)20(15-17)26-23(28)16-6-8-19(25)22(14-16)33(29,30)27-10-12-31-13-11-27/h1-9,14-15H,10-13H2,(H,26,28). The van der Waals surface area contributed by atoms with Gasteiger partial charge in [0.15, 0.2) is 5.75 Å². The van der Waals surface area contributed by atoms with Gasteiger partial charge in [0.25, 0.3) is 5.91 Å². The molecule has 172 valence electrons. The van der Waals surface area contributed by atoms with E-state index in [2.05, 4.69) is 5.32 Å². The highest BCUT2D eigenvalue weighted by Crippen LogP contribution is 2.33. The van der Waals surface area contributed by atoms with E-state index in [1.165, 1.54) is 22.5 Å². The number of para-hydroxylation sites is 1. The maximum Gasteiger partial charge on any atom is 0.255 e. The Balaban J connectivity index is 1.61. The number of nitrogens with one attached hydrogen (secondary N) is 1. The first-order valence-electron chi connectivity index (χ1n) is 10.1. The predicted molar refractivity (Wildman–Crippen MR) is 127 cm³/mol. The number of amides is 1. The molecular formula is C23H20Cl2N2O5S. The maximum absolute atomic E-state index is 13.1. The fraction of sp³-hybridized carbons (Fsp3) is 0.174. The normalized spacial score (nSPS) is 14.6. The Morgan fingerprint density at radius 2 is 1.70 bits per heavy atom. The smallest absolute Gasteiger partial charge is 0.255 e.